The highest BCUT2D eigenvalue weighted by atomic mass is 16.1. The lowest BCUT2D eigenvalue weighted by atomic mass is 10.1. The minimum absolute atomic E-state index is 0.242. The van der Waals surface area contributed by atoms with Crippen molar-refractivity contribution in [2.24, 2.45) is 0 Å². The summed E-state index contributed by atoms with van der Waals surface area (Å²) in [5.74, 6) is 0.281. The molecule has 1 N–H and O–H groups in total. The molecule has 0 fully saturated rings. The minimum Gasteiger partial charge on any atom is -0.321 e. The van der Waals surface area contributed by atoms with Gasteiger partial charge in [-0.3, -0.25) is 4.79 Å². The van der Waals surface area contributed by atoms with E-state index in [9.17, 15) is 4.79 Å². The van der Waals surface area contributed by atoms with Crippen LogP contribution in [-0.2, 0) is 0 Å². The number of para-hydroxylation sites is 1. The summed E-state index contributed by atoms with van der Waals surface area (Å²) in [6.45, 7) is 8.68. The molecule has 0 radical (unpaired) electrons. The molecule has 27 heavy (non-hydrogen) atoms. The van der Waals surface area contributed by atoms with E-state index in [2.05, 4.69) is 15.3 Å². The van der Waals surface area contributed by atoms with Crippen molar-refractivity contribution in [3.63, 3.8) is 0 Å². The van der Waals surface area contributed by atoms with Crippen molar-refractivity contribution >= 4 is 23.2 Å². The van der Waals surface area contributed by atoms with Crippen LogP contribution in [0.2, 0.25) is 0 Å². The van der Waals surface area contributed by atoms with E-state index in [0.717, 1.165) is 22.6 Å². The number of aryl methyl sites for hydroxylation is 3. The zero-order chi connectivity index (χ0) is 19.4. The summed E-state index contributed by atoms with van der Waals surface area (Å²) >= 11 is 0. The molecule has 0 saturated heterocycles. The highest BCUT2D eigenvalue weighted by molar-refractivity contribution is 6.03. The van der Waals surface area contributed by atoms with E-state index in [1.807, 2.05) is 81.1 Å². The van der Waals surface area contributed by atoms with E-state index in [1.54, 1.807) is 6.07 Å². The van der Waals surface area contributed by atoms with Crippen molar-refractivity contribution in [1.29, 1.82) is 0 Å². The zero-order valence-corrected chi connectivity index (χ0v) is 16.2. The number of hydrogen-bond acceptors (Lipinski definition) is 4. The van der Waals surface area contributed by atoms with Crippen LogP contribution in [0.5, 0.6) is 0 Å². The first kappa shape index (κ1) is 18.6. The van der Waals surface area contributed by atoms with Crippen molar-refractivity contribution in [2.75, 3.05) is 16.8 Å². The van der Waals surface area contributed by atoms with Crippen LogP contribution in [0, 0.1) is 20.8 Å². The van der Waals surface area contributed by atoms with Gasteiger partial charge in [-0.1, -0.05) is 24.3 Å². The standard InChI is InChI=1S/C22H24N4O/c1-5-26(19-9-7-6-8-10-19)22-23-17(4)14-20(25-22)21(27)24-18-12-11-15(2)16(3)13-18/h6-14H,5H2,1-4H3,(H,24,27). The molecule has 138 valence electrons. The minimum atomic E-state index is -0.242. The van der Waals surface area contributed by atoms with Gasteiger partial charge in [-0.15, -0.1) is 0 Å². The molecule has 0 aliphatic rings. The van der Waals surface area contributed by atoms with Gasteiger partial charge in [0.15, 0.2) is 0 Å². The van der Waals surface area contributed by atoms with Gasteiger partial charge >= 0.3 is 0 Å². The summed E-state index contributed by atoms with van der Waals surface area (Å²) in [6, 6.07) is 17.5. The Balaban J connectivity index is 1.90. The van der Waals surface area contributed by atoms with E-state index in [-0.39, 0.29) is 5.91 Å². The lowest BCUT2D eigenvalue weighted by molar-refractivity contribution is 0.102. The Morgan fingerprint density at radius 1 is 0.963 bits per heavy atom. The van der Waals surface area contributed by atoms with Crippen LogP contribution in [0.15, 0.2) is 54.6 Å². The summed E-state index contributed by atoms with van der Waals surface area (Å²) in [4.78, 5) is 23.8. The molecular formula is C22H24N4O. The number of rotatable bonds is 5. The molecule has 0 unspecified atom stereocenters. The molecule has 1 amide bonds. The number of aromatic nitrogens is 2. The molecule has 2 aromatic carbocycles. The molecule has 3 aromatic rings. The second-order valence-corrected chi connectivity index (χ2v) is 6.53. The number of amides is 1. The molecule has 0 bridgehead atoms. The zero-order valence-electron chi connectivity index (χ0n) is 16.2. The number of anilines is 3. The molecule has 0 aliphatic heterocycles. The van der Waals surface area contributed by atoms with Gasteiger partial charge < -0.3 is 10.2 Å². The average molecular weight is 360 g/mol. The van der Waals surface area contributed by atoms with Gasteiger partial charge in [0.2, 0.25) is 5.95 Å². The molecular weight excluding hydrogens is 336 g/mol. The first-order valence-electron chi connectivity index (χ1n) is 9.05. The van der Waals surface area contributed by atoms with Crippen molar-refractivity contribution in [3.8, 4) is 0 Å². The lowest BCUT2D eigenvalue weighted by Gasteiger charge is -2.21. The van der Waals surface area contributed by atoms with Gasteiger partial charge in [0.05, 0.1) is 0 Å². The molecule has 5 nitrogen and oxygen atoms in total. The number of carbonyl (C=O) groups is 1. The Labute approximate surface area is 160 Å². The van der Waals surface area contributed by atoms with Crippen LogP contribution >= 0.6 is 0 Å². The summed E-state index contributed by atoms with van der Waals surface area (Å²) < 4.78 is 0. The molecule has 1 heterocycles. The van der Waals surface area contributed by atoms with E-state index >= 15 is 0 Å². The first-order chi connectivity index (χ1) is 13.0. The predicted molar refractivity (Wildman–Crippen MR) is 110 cm³/mol. The topological polar surface area (TPSA) is 58.1 Å². The van der Waals surface area contributed by atoms with Crippen molar-refractivity contribution in [2.45, 2.75) is 27.7 Å². The fourth-order valence-electron chi connectivity index (χ4n) is 2.85. The van der Waals surface area contributed by atoms with Crippen LogP contribution in [-0.4, -0.2) is 22.4 Å². The lowest BCUT2D eigenvalue weighted by Crippen LogP contribution is -2.22. The van der Waals surface area contributed by atoms with E-state index in [0.29, 0.717) is 18.2 Å². The number of benzene rings is 2. The molecule has 1 aromatic heterocycles. The van der Waals surface area contributed by atoms with Gasteiger partial charge in [-0.25, -0.2) is 9.97 Å². The van der Waals surface area contributed by atoms with Gasteiger partial charge in [0, 0.05) is 23.6 Å². The molecule has 0 aliphatic carbocycles. The van der Waals surface area contributed by atoms with Crippen LogP contribution in [0.25, 0.3) is 0 Å². The third-order valence-corrected chi connectivity index (χ3v) is 4.47. The fourth-order valence-corrected chi connectivity index (χ4v) is 2.85. The van der Waals surface area contributed by atoms with E-state index < -0.39 is 0 Å². The summed E-state index contributed by atoms with van der Waals surface area (Å²) in [5, 5.41) is 2.93. The van der Waals surface area contributed by atoms with Crippen LogP contribution in [0.3, 0.4) is 0 Å². The molecule has 3 rings (SSSR count). The Kier molecular flexibility index (Phi) is 5.50. The highest BCUT2D eigenvalue weighted by Crippen LogP contribution is 2.22. The first-order valence-corrected chi connectivity index (χ1v) is 9.05. The molecule has 0 atom stereocenters. The maximum absolute atomic E-state index is 12.7. The van der Waals surface area contributed by atoms with Crippen molar-refractivity contribution in [3.05, 3.63) is 77.1 Å². The second-order valence-electron chi connectivity index (χ2n) is 6.53. The van der Waals surface area contributed by atoms with Gasteiger partial charge in [0.25, 0.3) is 5.91 Å². The quantitative estimate of drug-likeness (QED) is 0.709. The summed E-state index contributed by atoms with van der Waals surface area (Å²) in [7, 11) is 0. The van der Waals surface area contributed by atoms with Crippen LogP contribution in [0.4, 0.5) is 17.3 Å². The molecule has 0 spiro atoms. The fraction of sp³-hybridized carbons (Fsp3) is 0.227. The maximum Gasteiger partial charge on any atom is 0.274 e. The Bertz CT molecular complexity index is 954. The maximum atomic E-state index is 12.7. The van der Waals surface area contributed by atoms with Gasteiger partial charge in [-0.2, -0.15) is 0 Å². The third kappa shape index (κ3) is 4.31. The highest BCUT2D eigenvalue weighted by Gasteiger charge is 2.16. The van der Waals surface area contributed by atoms with Crippen LogP contribution < -0.4 is 10.2 Å². The van der Waals surface area contributed by atoms with E-state index in [1.165, 1.54) is 5.56 Å². The largest absolute Gasteiger partial charge is 0.321 e. The van der Waals surface area contributed by atoms with E-state index in [4.69, 9.17) is 0 Å². The third-order valence-electron chi connectivity index (χ3n) is 4.47. The monoisotopic (exact) mass is 360 g/mol. The second kappa shape index (κ2) is 7.99. The Hall–Kier alpha value is -3.21. The number of carbonyl (C=O) groups excluding carboxylic acids is 1. The molecule has 5 heteroatoms. The Morgan fingerprint density at radius 3 is 2.37 bits per heavy atom. The van der Waals surface area contributed by atoms with Crippen molar-refractivity contribution < 1.29 is 4.79 Å². The Morgan fingerprint density at radius 2 is 1.70 bits per heavy atom. The molecule has 0 saturated carbocycles. The SMILES string of the molecule is CCN(c1ccccc1)c1nc(C)cc(C(=O)Nc2ccc(C)c(C)c2)n1. The van der Waals surface area contributed by atoms with Gasteiger partial charge in [-0.05, 0) is 69.2 Å². The van der Waals surface area contributed by atoms with Crippen molar-refractivity contribution in [1.82, 2.24) is 9.97 Å². The number of hydrogen-bond donors (Lipinski definition) is 1. The summed E-state index contributed by atoms with van der Waals surface area (Å²) in [6.07, 6.45) is 0. The predicted octanol–water partition coefficient (Wildman–Crippen LogP) is 4.81. The average Bonchev–Trinajstić information content (AvgIpc) is 2.66. The summed E-state index contributed by atoms with van der Waals surface area (Å²) in [5.41, 5.74) is 5.18. The number of nitrogens with one attached hydrogen (secondary N) is 1. The normalized spacial score (nSPS) is 10.5. The van der Waals surface area contributed by atoms with Crippen LogP contribution in [0.1, 0.15) is 34.2 Å². The smallest absolute Gasteiger partial charge is 0.274 e. The number of nitrogens with zero attached hydrogens (tertiary/aromatic N) is 3. The van der Waals surface area contributed by atoms with Gasteiger partial charge in [0.1, 0.15) is 5.69 Å².